The number of para-hydroxylation sites is 1. The average Bonchev–Trinajstić information content (AvgIpc) is 2.46. The zero-order chi connectivity index (χ0) is 15.5. The molecule has 0 unspecified atom stereocenters. The molecule has 1 aromatic rings. The van der Waals surface area contributed by atoms with Crippen molar-refractivity contribution in [3.8, 4) is 5.75 Å². The number of carbonyl (C=O) groups excluding carboxylic acids is 1. The number of anilines is 1. The van der Waals surface area contributed by atoms with Crippen LogP contribution < -0.4 is 15.4 Å². The number of carbonyl (C=O) groups is 1. The average molecular weight is 313 g/mol. The molecule has 0 spiro atoms. The van der Waals surface area contributed by atoms with Crippen molar-refractivity contribution >= 4 is 21.6 Å². The molecule has 116 valence electrons. The van der Waals surface area contributed by atoms with Gasteiger partial charge in [-0.15, -0.1) is 0 Å². The summed E-state index contributed by atoms with van der Waals surface area (Å²) in [5.74, 6) is 0.0288. The van der Waals surface area contributed by atoms with Gasteiger partial charge in [-0.05, 0) is 12.1 Å². The van der Waals surface area contributed by atoms with E-state index in [-0.39, 0.29) is 18.2 Å². The van der Waals surface area contributed by atoms with Gasteiger partial charge in [-0.2, -0.15) is 0 Å². The molecule has 1 heterocycles. The van der Waals surface area contributed by atoms with Gasteiger partial charge >= 0.3 is 0 Å². The third-order valence-corrected chi connectivity index (χ3v) is 4.96. The molecule has 0 radical (unpaired) electrons. The number of hydrogen-bond acceptors (Lipinski definition) is 5. The minimum Gasteiger partial charge on any atom is -0.489 e. The van der Waals surface area contributed by atoms with E-state index >= 15 is 0 Å². The first-order valence-corrected chi connectivity index (χ1v) is 8.21. The Morgan fingerprint density at radius 1 is 1.43 bits per heavy atom. The topological polar surface area (TPSA) is 87.7 Å². The van der Waals surface area contributed by atoms with E-state index in [9.17, 15) is 13.2 Å². The van der Waals surface area contributed by atoms with Gasteiger partial charge in [-0.25, -0.2) is 12.7 Å². The summed E-state index contributed by atoms with van der Waals surface area (Å²) < 4.78 is 29.9. The summed E-state index contributed by atoms with van der Waals surface area (Å²) in [6.45, 7) is 1.24. The molecule has 21 heavy (non-hydrogen) atoms. The zero-order valence-electron chi connectivity index (χ0n) is 12.0. The van der Waals surface area contributed by atoms with Crippen LogP contribution >= 0.6 is 0 Å². The van der Waals surface area contributed by atoms with Crippen molar-refractivity contribution in [2.75, 3.05) is 44.9 Å². The molecule has 2 rings (SSSR count). The Balaban J connectivity index is 2.02. The van der Waals surface area contributed by atoms with Gasteiger partial charge < -0.3 is 15.4 Å². The van der Waals surface area contributed by atoms with Gasteiger partial charge in [0.1, 0.15) is 6.61 Å². The Morgan fingerprint density at radius 3 is 2.90 bits per heavy atom. The van der Waals surface area contributed by atoms with Crippen molar-refractivity contribution < 1.29 is 17.9 Å². The van der Waals surface area contributed by atoms with Crippen molar-refractivity contribution in [2.45, 2.75) is 0 Å². The lowest BCUT2D eigenvalue weighted by Gasteiger charge is -2.21. The zero-order valence-corrected chi connectivity index (χ0v) is 12.9. The Bertz CT molecular complexity index is 628. The smallest absolute Gasteiger partial charge is 0.255 e. The molecule has 0 saturated carbocycles. The second-order valence-electron chi connectivity index (χ2n) is 4.81. The minimum atomic E-state index is -3.32. The Kier molecular flexibility index (Phi) is 4.69. The van der Waals surface area contributed by atoms with Gasteiger partial charge in [0.05, 0.1) is 17.0 Å². The molecule has 8 heteroatoms. The molecule has 0 bridgehead atoms. The lowest BCUT2D eigenvalue weighted by Crippen LogP contribution is -2.34. The highest BCUT2D eigenvalue weighted by Crippen LogP contribution is 2.30. The fourth-order valence-corrected chi connectivity index (χ4v) is 2.65. The molecule has 1 aliphatic rings. The molecule has 1 aliphatic heterocycles. The largest absolute Gasteiger partial charge is 0.489 e. The molecule has 0 aliphatic carbocycles. The number of amides is 1. The van der Waals surface area contributed by atoms with E-state index in [1.54, 1.807) is 12.1 Å². The maximum atomic E-state index is 12.1. The lowest BCUT2D eigenvalue weighted by molar-refractivity contribution is 0.0952. The van der Waals surface area contributed by atoms with Crippen LogP contribution in [0.2, 0.25) is 0 Å². The maximum absolute atomic E-state index is 12.1. The van der Waals surface area contributed by atoms with Crippen LogP contribution in [0.1, 0.15) is 10.4 Å². The van der Waals surface area contributed by atoms with Crippen LogP contribution in [0, 0.1) is 0 Å². The number of rotatable bonds is 5. The van der Waals surface area contributed by atoms with Gasteiger partial charge in [0.25, 0.3) is 5.91 Å². The monoisotopic (exact) mass is 313 g/mol. The van der Waals surface area contributed by atoms with Crippen LogP contribution in [0.5, 0.6) is 5.75 Å². The number of sulfonamides is 1. The predicted molar refractivity (Wildman–Crippen MR) is 80.2 cm³/mol. The SMILES string of the molecule is CN(C)S(=O)(=O)CCNC(=O)c1cccc2c1OCCN2. The van der Waals surface area contributed by atoms with Gasteiger partial charge in [0.2, 0.25) is 10.0 Å². The van der Waals surface area contributed by atoms with E-state index in [0.29, 0.717) is 24.5 Å². The third kappa shape index (κ3) is 3.64. The number of nitrogens with zero attached hydrogens (tertiary/aromatic N) is 1. The summed E-state index contributed by atoms with van der Waals surface area (Å²) in [5, 5.41) is 5.75. The highest BCUT2D eigenvalue weighted by Gasteiger charge is 2.19. The predicted octanol–water partition coefficient (Wildman–Crippen LogP) is 0.112. The van der Waals surface area contributed by atoms with E-state index in [1.165, 1.54) is 14.1 Å². The van der Waals surface area contributed by atoms with Gasteiger partial charge in [0.15, 0.2) is 5.75 Å². The highest BCUT2D eigenvalue weighted by atomic mass is 32.2. The maximum Gasteiger partial charge on any atom is 0.255 e. The summed E-state index contributed by atoms with van der Waals surface area (Å²) in [7, 11) is -0.393. The lowest BCUT2D eigenvalue weighted by atomic mass is 10.1. The van der Waals surface area contributed by atoms with Gasteiger partial charge in [-0.1, -0.05) is 6.07 Å². The fraction of sp³-hybridized carbons (Fsp3) is 0.462. The van der Waals surface area contributed by atoms with E-state index in [0.717, 1.165) is 9.99 Å². The second kappa shape index (κ2) is 6.31. The molecule has 0 atom stereocenters. The molecule has 1 amide bonds. The van der Waals surface area contributed by atoms with Crippen LogP contribution in [0.4, 0.5) is 5.69 Å². The fourth-order valence-electron chi connectivity index (χ4n) is 1.92. The van der Waals surface area contributed by atoms with Crippen molar-refractivity contribution in [1.29, 1.82) is 0 Å². The molecule has 0 aromatic heterocycles. The van der Waals surface area contributed by atoms with Crippen molar-refractivity contribution in [3.05, 3.63) is 23.8 Å². The van der Waals surface area contributed by atoms with E-state index in [1.807, 2.05) is 6.07 Å². The van der Waals surface area contributed by atoms with Crippen molar-refractivity contribution in [3.63, 3.8) is 0 Å². The van der Waals surface area contributed by atoms with Crippen LogP contribution in [0.25, 0.3) is 0 Å². The van der Waals surface area contributed by atoms with Crippen LogP contribution in [0.15, 0.2) is 18.2 Å². The van der Waals surface area contributed by atoms with Crippen LogP contribution in [-0.4, -0.2) is 58.2 Å². The Morgan fingerprint density at radius 2 is 2.19 bits per heavy atom. The summed E-state index contributed by atoms with van der Waals surface area (Å²) >= 11 is 0. The molecular formula is C13H19N3O4S. The Hall–Kier alpha value is -1.80. The molecule has 1 aromatic carbocycles. The number of ether oxygens (including phenoxy) is 1. The molecule has 0 saturated heterocycles. The number of benzene rings is 1. The first kappa shape index (κ1) is 15.6. The molecule has 0 fully saturated rings. The summed E-state index contributed by atoms with van der Waals surface area (Å²) in [5.41, 5.74) is 1.18. The van der Waals surface area contributed by atoms with Crippen molar-refractivity contribution in [1.82, 2.24) is 9.62 Å². The first-order valence-electron chi connectivity index (χ1n) is 6.60. The Labute approximate surface area is 124 Å². The molecule has 2 N–H and O–H groups in total. The summed E-state index contributed by atoms with van der Waals surface area (Å²) in [6.07, 6.45) is 0. The van der Waals surface area contributed by atoms with Crippen LogP contribution in [-0.2, 0) is 10.0 Å². The van der Waals surface area contributed by atoms with Crippen molar-refractivity contribution in [2.24, 2.45) is 0 Å². The quantitative estimate of drug-likeness (QED) is 0.806. The van der Waals surface area contributed by atoms with E-state index in [4.69, 9.17) is 4.74 Å². The van der Waals surface area contributed by atoms with Crippen LogP contribution in [0.3, 0.4) is 0 Å². The number of fused-ring (bicyclic) bond motifs is 1. The molecular weight excluding hydrogens is 294 g/mol. The van der Waals surface area contributed by atoms with Gasteiger partial charge in [-0.3, -0.25) is 4.79 Å². The summed E-state index contributed by atoms with van der Waals surface area (Å²) in [6, 6.07) is 5.25. The number of nitrogens with one attached hydrogen (secondary N) is 2. The highest BCUT2D eigenvalue weighted by molar-refractivity contribution is 7.89. The standard InChI is InChI=1S/C13H19N3O4S/c1-16(2)21(18,19)9-7-15-13(17)10-4-3-5-11-12(10)20-8-6-14-11/h3-5,14H,6-9H2,1-2H3,(H,15,17). The van der Waals surface area contributed by atoms with E-state index in [2.05, 4.69) is 10.6 Å². The van der Waals surface area contributed by atoms with E-state index < -0.39 is 10.0 Å². The minimum absolute atomic E-state index is 0.0520. The van der Waals surface area contributed by atoms with Gasteiger partial charge in [0, 0.05) is 27.2 Å². The number of hydrogen-bond donors (Lipinski definition) is 2. The normalized spacial score (nSPS) is 14.0. The third-order valence-electron chi connectivity index (χ3n) is 3.13. The second-order valence-corrected chi connectivity index (χ2v) is 7.11. The summed E-state index contributed by atoms with van der Waals surface area (Å²) in [4.78, 5) is 12.1. The first-order chi connectivity index (χ1) is 9.92. The molecule has 7 nitrogen and oxygen atoms in total.